The standard InChI is InChI=1S/C25H28BrN3O3/c1-14-9-11-17-16-7-5-6-8-20(16)28-21(17)25(29-14,23(27)31)19-13-15(26)10-12-18(19)22(30)32-24(2,3)4/h5-8,10,12-14,28-29H,9,11H2,1-4H3,(H2,27,31). The number of primary amides is 1. The van der Waals surface area contributed by atoms with Crippen molar-refractivity contribution in [3.63, 3.8) is 0 Å². The largest absolute Gasteiger partial charge is 0.456 e. The van der Waals surface area contributed by atoms with Crippen LogP contribution in [0.2, 0.25) is 0 Å². The van der Waals surface area contributed by atoms with E-state index in [0.29, 0.717) is 16.8 Å². The van der Waals surface area contributed by atoms with Crippen LogP contribution in [0.5, 0.6) is 0 Å². The summed E-state index contributed by atoms with van der Waals surface area (Å²) in [5.74, 6) is -1.08. The topological polar surface area (TPSA) is 97.2 Å². The molecule has 0 saturated heterocycles. The van der Waals surface area contributed by atoms with Gasteiger partial charge in [0.1, 0.15) is 5.60 Å². The van der Waals surface area contributed by atoms with Gasteiger partial charge in [-0.2, -0.15) is 0 Å². The van der Waals surface area contributed by atoms with Crippen molar-refractivity contribution < 1.29 is 14.3 Å². The lowest BCUT2D eigenvalue weighted by Crippen LogP contribution is -2.56. The summed E-state index contributed by atoms with van der Waals surface area (Å²) < 4.78 is 6.41. The minimum atomic E-state index is -1.43. The number of aromatic amines is 1. The van der Waals surface area contributed by atoms with E-state index in [1.165, 1.54) is 0 Å². The molecule has 0 aliphatic carbocycles. The molecule has 2 aromatic carbocycles. The zero-order valence-electron chi connectivity index (χ0n) is 18.7. The van der Waals surface area contributed by atoms with Crippen LogP contribution in [0.4, 0.5) is 0 Å². The lowest BCUT2D eigenvalue weighted by Gasteiger charge is -2.35. The summed E-state index contributed by atoms with van der Waals surface area (Å²) in [5, 5.41) is 4.53. The smallest absolute Gasteiger partial charge is 0.339 e. The van der Waals surface area contributed by atoms with Gasteiger partial charge in [-0.3, -0.25) is 10.1 Å². The minimum Gasteiger partial charge on any atom is -0.456 e. The highest BCUT2D eigenvalue weighted by molar-refractivity contribution is 9.10. The van der Waals surface area contributed by atoms with E-state index in [1.54, 1.807) is 18.2 Å². The first-order valence-corrected chi connectivity index (χ1v) is 11.5. The van der Waals surface area contributed by atoms with Gasteiger partial charge in [-0.15, -0.1) is 0 Å². The Morgan fingerprint density at radius 1 is 1.19 bits per heavy atom. The Bertz CT molecular complexity index is 1210. The van der Waals surface area contributed by atoms with Crippen LogP contribution in [-0.4, -0.2) is 28.5 Å². The van der Waals surface area contributed by atoms with Gasteiger partial charge in [-0.05, 0) is 70.4 Å². The maximum atomic E-state index is 13.4. The second-order valence-electron chi connectivity index (χ2n) is 9.41. The molecular formula is C25H28BrN3O3. The number of nitrogens with one attached hydrogen (secondary N) is 2. The maximum absolute atomic E-state index is 13.4. The van der Waals surface area contributed by atoms with Crippen LogP contribution in [0.25, 0.3) is 10.9 Å². The van der Waals surface area contributed by atoms with Crippen molar-refractivity contribution in [2.45, 2.75) is 57.7 Å². The molecule has 4 N–H and O–H groups in total. The average molecular weight is 498 g/mol. The number of esters is 1. The Kier molecular flexibility index (Phi) is 5.67. The number of benzene rings is 2. The van der Waals surface area contributed by atoms with E-state index in [1.807, 2.05) is 52.0 Å². The van der Waals surface area contributed by atoms with Crippen molar-refractivity contribution in [1.82, 2.24) is 10.3 Å². The summed E-state index contributed by atoms with van der Waals surface area (Å²) in [4.78, 5) is 30.0. The third-order valence-corrected chi connectivity index (χ3v) is 6.35. The van der Waals surface area contributed by atoms with E-state index in [4.69, 9.17) is 10.5 Å². The summed E-state index contributed by atoms with van der Waals surface area (Å²) in [6.45, 7) is 7.47. The van der Waals surface area contributed by atoms with Crippen LogP contribution in [0, 0.1) is 0 Å². The molecule has 1 amide bonds. The van der Waals surface area contributed by atoms with Crippen molar-refractivity contribution in [2.24, 2.45) is 5.73 Å². The van der Waals surface area contributed by atoms with Crippen LogP contribution in [0.1, 0.15) is 61.3 Å². The van der Waals surface area contributed by atoms with E-state index in [2.05, 4.69) is 26.2 Å². The molecule has 1 aromatic heterocycles. The van der Waals surface area contributed by atoms with Crippen LogP contribution >= 0.6 is 15.9 Å². The molecule has 0 bridgehead atoms. The van der Waals surface area contributed by atoms with Crippen LogP contribution in [-0.2, 0) is 21.5 Å². The van der Waals surface area contributed by atoms with Crippen molar-refractivity contribution in [2.75, 3.05) is 0 Å². The van der Waals surface area contributed by atoms with Gasteiger partial charge in [-0.1, -0.05) is 34.1 Å². The molecular weight excluding hydrogens is 470 g/mol. The molecule has 2 heterocycles. The van der Waals surface area contributed by atoms with Gasteiger partial charge < -0.3 is 15.5 Å². The van der Waals surface area contributed by atoms with Gasteiger partial charge in [0.25, 0.3) is 0 Å². The Hall–Kier alpha value is -2.64. The fourth-order valence-electron chi connectivity index (χ4n) is 4.53. The van der Waals surface area contributed by atoms with Crippen molar-refractivity contribution in [3.05, 3.63) is 69.3 Å². The molecule has 4 rings (SSSR count). The summed E-state index contributed by atoms with van der Waals surface area (Å²) in [6, 6.07) is 13.2. The Balaban J connectivity index is 2.05. The molecule has 6 nitrogen and oxygen atoms in total. The van der Waals surface area contributed by atoms with Crippen molar-refractivity contribution in [3.8, 4) is 0 Å². The predicted molar refractivity (Wildman–Crippen MR) is 129 cm³/mol. The van der Waals surface area contributed by atoms with Gasteiger partial charge in [0.15, 0.2) is 5.54 Å². The fourth-order valence-corrected chi connectivity index (χ4v) is 4.89. The predicted octanol–water partition coefficient (Wildman–Crippen LogP) is 4.54. The SMILES string of the molecule is CC1CCc2c([nH]c3ccccc23)C(C(N)=O)(c2cc(Br)ccc2C(=O)OC(C)(C)C)N1. The van der Waals surface area contributed by atoms with E-state index < -0.39 is 23.0 Å². The number of ether oxygens (including phenoxy) is 1. The minimum absolute atomic E-state index is 0.0208. The fraction of sp³-hybridized carbons (Fsp3) is 0.360. The number of amides is 1. The number of H-pyrrole nitrogens is 1. The van der Waals surface area contributed by atoms with E-state index in [9.17, 15) is 9.59 Å². The molecule has 0 saturated carbocycles. The molecule has 1 aliphatic rings. The molecule has 2 unspecified atom stereocenters. The zero-order valence-corrected chi connectivity index (χ0v) is 20.3. The Morgan fingerprint density at radius 2 is 1.91 bits per heavy atom. The molecule has 2 atom stereocenters. The maximum Gasteiger partial charge on any atom is 0.339 e. The number of aromatic nitrogens is 1. The average Bonchev–Trinajstić information content (AvgIpc) is 3.00. The van der Waals surface area contributed by atoms with Gasteiger partial charge >= 0.3 is 5.97 Å². The number of fused-ring (bicyclic) bond motifs is 3. The van der Waals surface area contributed by atoms with Gasteiger partial charge in [0.05, 0.1) is 11.3 Å². The van der Waals surface area contributed by atoms with Gasteiger partial charge in [-0.25, -0.2) is 4.79 Å². The lowest BCUT2D eigenvalue weighted by molar-refractivity contribution is -0.123. The third kappa shape index (κ3) is 3.84. The van der Waals surface area contributed by atoms with Gasteiger partial charge in [0, 0.05) is 27.0 Å². The number of carbonyl (C=O) groups is 2. The first kappa shape index (κ1) is 22.6. The summed E-state index contributed by atoms with van der Waals surface area (Å²) in [5.41, 5.74) is 7.45. The van der Waals surface area contributed by atoms with Crippen LogP contribution < -0.4 is 11.1 Å². The molecule has 32 heavy (non-hydrogen) atoms. The Morgan fingerprint density at radius 3 is 2.59 bits per heavy atom. The second-order valence-corrected chi connectivity index (χ2v) is 10.3. The number of nitrogens with two attached hydrogens (primary N) is 1. The third-order valence-electron chi connectivity index (χ3n) is 5.85. The highest BCUT2D eigenvalue weighted by atomic mass is 79.9. The number of hydrogen-bond donors (Lipinski definition) is 3. The molecule has 3 aromatic rings. The number of halogens is 1. The molecule has 168 valence electrons. The number of aryl methyl sites for hydroxylation is 1. The highest BCUT2D eigenvalue weighted by Gasteiger charge is 2.48. The quantitative estimate of drug-likeness (QED) is 0.462. The highest BCUT2D eigenvalue weighted by Crippen LogP contribution is 2.41. The first-order chi connectivity index (χ1) is 15.0. The van der Waals surface area contributed by atoms with E-state index in [0.717, 1.165) is 33.8 Å². The monoisotopic (exact) mass is 497 g/mol. The molecule has 7 heteroatoms. The molecule has 0 spiro atoms. The summed E-state index contributed by atoms with van der Waals surface area (Å²) >= 11 is 3.51. The number of para-hydroxylation sites is 1. The lowest BCUT2D eigenvalue weighted by atomic mass is 9.81. The van der Waals surface area contributed by atoms with E-state index >= 15 is 0 Å². The molecule has 0 fully saturated rings. The zero-order chi connectivity index (χ0) is 23.3. The van der Waals surface area contributed by atoms with Crippen molar-refractivity contribution in [1.29, 1.82) is 0 Å². The number of rotatable bonds is 3. The van der Waals surface area contributed by atoms with E-state index in [-0.39, 0.29) is 6.04 Å². The van der Waals surface area contributed by atoms with Gasteiger partial charge in [0.2, 0.25) is 5.91 Å². The van der Waals surface area contributed by atoms with Crippen LogP contribution in [0.15, 0.2) is 46.9 Å². The number of carbonyl (C=O) groups excluding carboxylic acids is 2. The Labute approximate surface area is 196 Å². The van der Waals surface area contributed by atoms with Crippen molar-refractivity contribution >= 4 is 38.7 Å². The summed E-state index contributed by atoms with van der Waals surface area (Å²) in [7, 11) is 0. The number of hydrogen-bond acceptors (Lipinski definition) is 4. The normalized spacial score (nSPS) is 21.1. The second kappa shape index (κ2) is 8.05. The molecule has 0 radical (unpaired) electrons. The summed E-state index contributed by atoms with van der Waals surface area (Å²) in [6.07, 6.45) is 1.60. The first-order valence-electron chi connectivity index (χ1n) is 10.7. The molecule has 1 aliphatic heterocycles. The van der Waals surface area contributed by atoms with Crippen LogP contribution in [0.3, 0.4) is 0 Å².